The molecule has 8 heteroatoms. The molecule has 1 fully saturated rings. The summed E-state index contributed by atoms with van der Waals surface area (Å²) >= 11 is 1.52. The van der Waals surface area contributed by atoms with Crippen molar-refractivity contribution in [1.82, 2.24) is 14.5 Å². The average Bonchev–Trinajstić information content (AvgIpc) is 3.31. The Labute approximate surface area is 167 Å². The van der Waals surface area contributed by atoms with Gasteiger partial charge in [0.25, 0.3) is 5.56 Å². The molecule has 0 atom stereocenters. The molecule has 3 aromatic rings. The van der Waals surface area contributed by atoms with Crippen molar-refractivity contribution in [2.75, 3.05) is 23.3 Å². The fraction of sp³-hybridized carbons (Fsp3) is 0.400. The second-order valence-corrected chi connectivity index (χ2v) is 8.31. The first kappa shape index (κ1) is 18.6. The molecule has 0 aromatic carbocycles. The monoisotopic (exact) mass is 397 g/mol. The summed E-state index contributed by atoms with van der Waals surface area (Å²) in [7, 11) is 0. The molecule has 1 amide bonds. The van der Waals surface area contributed by atoms with E-state index >= 15 is 0 Å². The van der Waals surface area contributed by atoms with Crippen LogP contribution in [0.25, 0.3) is 10.2 Å². The number of hydrogen-bond acceptors (Lipinski definition) is 6. The molecule has 1 aliphatic heterocycles. The van der Waals surface area contributed by atoms with E-state index in [1.165, 1.54) is 35.1 Å². The van der Waals surface area contributed by atoms with Crippen LogP contribution in [0.4, 0.5) is 11.5 Å². The largest absolute Gasteiger partial charge is 0.357 e. The maximum absolute atomic E-state index is 12.7. The van der Waals surface area contributed by atoms with Crippen molar-refractivity contribution in [2.24, 2.45) is 0 Å². The van der Waals surface area contributed by atoms with Gasteiger partial charge in [-0.2, -0.15) is 0 Å². The molecule has 7 nitrogen and oxygen atoms in total. The molecule has 4 rings (SSSR count). The smallest absolute Gasteiger partial charge is 0.262 e. The lowest BCUT2D eigenvalue weighted by Gasteiger charge is -2.16. The normalized spacial score (nSPS) is 14.0. The lowest BCUT2D eigenvalue weighted by atomic mass is 10.2. The predicted molar refractivity (Wildman–Crippen MR) is 112 cm³/mol. The van der Waals surface area contributed by atoms with Crippen LogP contribution in [0.3, 0.4) is 0 Å². The highest BCUT2D eigenvalue weighted by Crippen LogP contribution is 2.25. The van der Waals surface area contributed by atoms with Crippen molar-refractivity contribution in [3.63, 3.8) is 0 Å². The SMILES string of the molecule is Cc1sc2ncn(CCC(=O)Nc3ccc(N4CCCC4)nc3)c(=O)c2c1C. The van der Waals surface area contributed by atoms with Gasteiger partial charge in [-0.05, 0) is 44.4 Å². The third-order valence-electron chi connectivity index (χ3n) is 5.20. The number of pyridine rings is 1. The Kier molecular flexibility index (Phi) is 5.13. The number of amides is 1. The van der Waals surface area contributed by atoms with Crippen LogP contribution in [0, 0.1) is 13.8 Å². The first-order valence-electron chi connectivity index (χ1n) is 9.49. The van der Waals surface area contributed by atoms with E-state index in [-0.39, 0.29) is 17.9 Å². The van der Waals surface area contributed by atoms with Gasteiger partial charge in [0, 0.05) is 30.9 Å². The zero-order chi connectivity index (χ0) is 19.7. The van der Waals surface area contributed by atoms with Crippen LogP contribution in [-0.2, 0) is 11.3 Å². The maximum atomic E-state index is 12.7. The summed E-state index contributed by atoms with van der Waals surface area (Å²) in [6.45, 7) is 6.29. The molecule has 1 N–H and O–H groups in total. The highest BCUT2D eigenvalue weighted by molar-refractivity contribution is 7.18. The Balaban J connectivity index is 1.39. The van der Waals surface area contributed by atoms with Gasteiger partial charge in [-0.15, -0.1) is 11.3 Å². The number of rotatable bonds is 5. The summed E-state index contributed by atoms with van der Waals surface area (Å²) < 4.78 is 1.51. The summed E-state index contributed by atoms with van der Waals surface area (Å²) in [5.41, 5.74) is 1.55. The Bertz CT molecular complexity index is 1060. The number of fused-ring (bicyclic) bond motifs is 1. The van der Waals surface area contributed by atoms with Gasteiger partial charge in [0.05, 0.1) is 23.6 Å². The third kappa shape index (κ3) is 3.64. The van der Waals surface area contributed by atoms with E-state index in [1.807, 2.05) is 26.0 Å². The molecule has 1 saturated heterocycles. The lowest BCUT2D eigenvalue weighted by Crippen LogP contribution is -2.23. The van der Waals surface area contributed by atoms with Crippen molar-refractivity contribution >= 4 is 39.0 Å². The van der Waals surface area contributed by atoms with Crippen LogP contribution >= 0.6 is 11.3 Å². The van der Waals surface area contributed by atoms with E-state index in [9.17, 15) is 9.59 Å². The van der Waals surface area contributed by atoms with Gasteiger partial charge in [0.2, 0.25) is 5.91 Å². The van der Waals surface area contributed by atoms with Crippen LogP contribution in [0.5, 0.6) is 0 Å². The second kappa shape index (κ2) is 7.71. The highest BCUT2D eigenvalue weighted by Gasteiger charge is 2.14. The van der Waals surface area contributed by atoms with Crippen molar-refractivity contribution in [3.8, 4) is 0 Å². The van der Waals surface area contributed by atoms with Gasteiger partial charge in [-0.3, -0.25) is 14.2 Å². The fourth-order valence-electron chi connectivity index (χ4n) is 3.47. The van der Waals surface area contributed by atoms with Crippen molar-refractivity contribution in [2.45, 2.75) is 39.7 Å². The topological polar surface area (TPSA) is 80.1 Å². The summed E-state index contributed by atoms with van der Waals surface area (Å²) in [6, 6.07) is 3.81. The van der Waals surface area contributed by atoms with Gasteiger partial charge in [0.1, 0.15) is 10.6 Å². The van der Waals surface area contributed by atoms with E-state index < -0.39 is 0 Å². The Morgan fingerprint density at radius 2 is 2.00 bits per heavy atom. The first-order chi connectivity index (χ1) is 13.5. The van der Waals surface area contributed by atoms with Crippen LogP contribution < -0.4 is 15.8 Å². The molecule has 146 valence electrons. The van der Waals surface area contributed by atoms with E-state index in [2.05, 4.69) is 20.2 Å². The van der Waals surface area contributed by atoms with Gasteiger partial charge in [-0.1, -0.05) is 0 Å². The highest BCUT2D eigenvalue weighted by atomic mass is 32.1. The molecule has 28 heavy (non-hydrogen) atoms. The molecule has 0 saturated carbocycles. The molecule has 0 aliphatic carbocycles. The van der Waals surface area contributed by atoms with Crippen molar-refractivity contribution in [3.05, 3.63) is 45.5 Å². The third-order valence-corrected chi connectivity index (χ3v) is 6.31. The van der Waals surface area contributed by atoms with Crippen LogP contribution in [0.15, 0.2) is 29.5 Å². The number of nitrogens with zero attached hydrogens (tertiary/aromatic N) is 4. The summed E-state index contributed by atoms with van der Waals surface area (Å²) in [6.07, 6.45) is 5.81. The number of carbonyl (C=O) groups excluding carboxylic acids is 1. The summed E-state index contributed by atoms with van der Waals surface area (Å²) in [4.78, 5) is 37.9. The first-order valence-corrected chi connectivity index (χ1v) is 10.3. The lowest BCUT2D eigenvalue weighted by molar-refractivity contribution is -0.116. The summed E-state index contributed by atoms with van der Waals surface area (Å²) in [5.74, 6) is 0.795. The molecule has 0 bridgehead atoms. The Hall–Kier alpha value is -2.74. The summed E-state index contributed by atoms with van der Waals surface area (Å²) in [5, 5.41) is 3.51. The van der Waals surface area contributed by atoms with Gasteiger partial charge >= 0.3 is 0 Å². The molecular formula is C20H23N5O2S. The zero-order valence-electron chi connectivity index (χ0n) is 16.1. The molecule has 0 spiro atoms. The number of nitrogens with one attached hydrogen (secondary N) is 1. The minimum absolute atomic E-state index is 0.0868. The predicted octanol–water partition coefficient (Wildman–Crippen LogP) is 3.10. The van der Waals surface area contributed by atoms with E-state index in [0.29, 0.717) is 17.6 Å². The molecule has 3 aromatic heterocycles. The standard InChI is InChI=1S/C20H23N5O2S/c1-13-14(2)28-19-18(13)20(27)25(12-22-19)10-7-17(26)23-15-5-6-16(21-11-15)24-8-3-4-9-24/h5-6,11-12H,3-4,7-10H2,1-2H3,(H,23,26). The van der Waals surface area contributed by atoms with Crippen LogP contribution in [-0.4, -0.2) is 33.5 Å². The number of aryl methyl sites for hydroxylation is 3. The van der Waals surface area contributed by atoms with Crippen LogP contribution in [0.2, 0.25) is 0 Å². The van der Waals surface area contributed by atoms with Gasteiger partial charge < -0.3 is 10.2 Å². The Morgan fingerprint density at radius 1 is 1.21 bits per heavy atom. The van der Waals surface area contributed by atoms with E-state index in [4.69, 9.17) is 0 Å². The Morgan fingerprint density at radius 3 is 2.71 bits per heavy atom. The fourth-order valence-corrected chi connectivity index (χ4v) is 4.46. The molecule has 0 radical (unpaired) electrons. The van der Waals surface area contributed by atoms with Crippen molar-refractivity contribution < 1.29 is 4.79 Å². The molecule has 4 heterocycles. The van der Waals surface area contributed by atoms with Gasteiger partial charge in [0.15, 0.2) is 0 Å². The molecular weight excluding hydrogens is 374 g/mol. The minimum atomic E-state index is -0.152. The number of carbonyl (C=O) groups is 1. The number of hydrogen-bond donors (Lipinski definition) is 1. The molecule has 0 unspecified atom stereocenters. The zero-order valence-corrected chi connectivity index (χ0v) is 16.9. The quantitative estimate of drug-likeness (QED) is 0.716. The molecule has 1 aliphatic rings. The van der Waals surface area contributed by atoms with E-state index in [0.717, 1.165) is 34.2 Å². The number of aromatic nitrogens is 3. The van der Waals surface area contributed by atoms with Crippen LogP contribution in [0.1, 0.15) is 29.7 Å². The van der Waals surface area contributed by atoms with E-state index in [1.54, 1.807) is 6.20 Å². The minimum Gasteiger partial charge on any atom is -0.357 e. The average molecular weight is 398 g/mol. The number of thiophene rings is 1. The van der Waals surface area contributed by atoms with Crippen molar-refractivity contribution in [1.29, 1.82) is 0 Å². The number of anilines is 2. The second-order valence-electron chi connectivity index (χ2n) is 7.10. The maximum Gasteiger partial charge on any atom is 0.262 e. The van der Waals surface area contributed by atoms with Gasteiger partial charge in [-0.25, -0.2) is 9.97 Å².